The second-order valence-corrected chi connectivity index (χ2v) is 6.20. The summed E-state index contributed by atoms with van der Waals surface area (Å²) >= 11 is 1.27. The smallest absolute Gasteiger partial charge is 0.313 e. The van der Waals surface area contributed by atoms with Gasteiger partial charge in [0.1, 0.15) is 5.82 Å². The van der Waals surface area contributed by atoms with Gasteiger partial charge in [-0.2, -0.15) is 0 Å². The zero-order chi connectivity index (χ0) is 13.8. The Bertz CT molecular complexity index is 443. The monoisotopic (exact) mass is 283 g/mol. The zero-order valence-corrected chi connectivity index (χ0v) is 12.3. The molecule has 1 N–H and O–H groups in total. The first-order chi connectivity index (χ1) is 9.11. The molecule has 2 rings (SSSR count). The fourth-order valence-electron chi connectivity index (χ4n) is 2.25. The number of hydrogen-bond acceptors (Lipinski definition) is 4. The van der Waals surface area contributed by atoms with E-state index in [9.17, 15) is 4.79 Å². The van der Waals surface area contributed by atoms with E-state index < -0.39 is 5.97 Å². The van der Waals surface area contributed by atoms with E-state index in [0.717, 1.165) is 36.3 Å². The largest absolute Gasteiger partial charge is 0.481 e. The Balaban J connectivity index is 2.09. The first-order valence-electron chi connectivity index (χ1n) is 6.88. The lowest BCUT2D eigenvalue weighted by atomic mass is 10.1. The Morgan fingerprint density at radius 2 is 2.26 bits per heavy atom. The van der Waals surface area contributed by atoms with Gasteiger partial charge in [-0.05, 0) is 31.1 Å². The maximum atomic E-state index is 10.7. The molecule has 1 aliphatic rings. The van der Waals surface area contributed by atoms with Gasteiger partial charge in [0.05, 0.1) is 5.75 Å². The normalized spacial score (nSPS) is 16.5. The summed E-state index contributed by atoms with van der Waals surface area (Å²) in [7, 11) is 0. The molecule has 1 aromatic heterocycles. The molecule has 0 amide bonds. The molecular formula is C13H21N3O2S. The third kappa shape index (κ3) is 3.96. The number of nitrogens with zero attached hydrogens (tertiary/aromatic N) is 3. The summed E-state index contributed by atoms with van der Waals surface area (Å²) in [6.07, 6.45) is 4.57. The van der Waals surface area contributed by atoms with E-state index in [1.54, 1.807) is 0 Å². The van der Waals surface area contributed by atoms with E-state index >= 15 is 0 Å². The molecule has 1 aliphatic carbocycles. The number of aliphatic carboxylic acids is 1. The summed E-state index contributed by atoms with van der Waals surface area (Å²) < 4.78 is 2.13. The lowest BCUT2D eigenvalue weighted by molar-refractivity contribution is -0.133. The van der Waals surface area contributed by atoms with E-state index in [1.165, 1.54) is 24.6 Å². The molecule has 5 nitrogen and oxygen atoms in total. The van der Waals surface area contributed by atoms with Gasteiger partial charge in [0.15, 0.2) is 5.16 Å². The second-order valence-electron chi connectivity index (χ2n) is 5.26. The lowest BCUT2D eigenvalue weighted by Crippen LogP contribution is -2.14. The van der Waals surface area contributed by atoms with Crippen molar-refractivity contribution in [1.29, 1.82) is 0 Å². The van der Waals surface area contributed by atoms with Gasteiger partial charge in [-0.3, -0.25) is 4.79 Å². The van der Waals surface area contributed by atoms with Crippen molar-refractivity contribution in [1.82, 2.24) is 14.8 Å². The molecule has 106 valence electrons. The summed E-state index contributed by atoms with van der Waals surface area (Å²) in [6, 6.07) is 0. The Morgan fingerprint density at radius 1 is 1.53 bits per heavy atom. The molecule has 0 aliphatic heterocycles. The molecule has 0 radical (unpaired) electrons. The topological polar surface area (TPSA) is 68.0 Å². The van der Waals surface area contributed by atoms with Crippen LogP contribution in [0.25, 0.3) is 0 Å². The molecule has 1 aromatic rings. The van der Waals surface area contributed by atoms with Gasteiger partial charge in [-0.25, -0.2) is 0 Å². The molecule has 6 heteroatoms. The molecule has 0 aromatic carbocycles. The van der Waals surface area contributed by atoms with Gasteiger partial charge in [-0.15, -0.1) is 10.2 Å². The van der Waals surface area contributed by atoms with Gasteiger partial charge in [0.25, 0.3) is 0 Å². The first-order valence-corrected chi connectivity index (χ1v) is 7.87. The molecule has 0 bridgehead atoms. The van der Waals surface area contributed by atoms with Crippen LogP contribution in [0, 0.1) is 11.8 Å². The summed E-state index contributed by atoms with van der Waals surface area (Å²) in [5.41, 5.74) is 0. The van der Waals surface area contributed by atoms with Crippen LogP contribution in [0.4, 0.5) is 0 Å². The van der Waals surface area contributed by atoms with Crippen molar-refractivity contribution < 1.29 is 9.90 Å². The van der Waals surface area contributed by atoms with Crippen molar-refractivity contribution in [3.8, 4) is 0 Å². The van der Waals surface area contributed by atoms with Crippen LogP contribution in [0.3, 0.4) is 0 Å². The van der Waals surface area contributed by atoms with E-state index in [0.29, 0.717) is 5.92 Å². The minimum absolute atomic E-state index is 0.0437. The van der Waals surface area contributed by atoms with Crippen molar-refractivity contribution in [2.75, 3.05) is 5.75 Å². The molecule has 1 saturated carbocycles. The minimum Gasteiger partial charge on any atom is -0.481 e. The Labute approximate surface area is 117 Å². The van der Waals surface area contributed by atoms with E-state index in [-0.39, 0.29) is 5.75 Å². The summed E-state index contributed by atoms with van der Waals surface area (Å²) in [5, 5.41) is 17.9. The SMILES string of the molecule is CCCc1nnc(SCC(=O)O)n1CC(C)C1CC1. The van der Waals surface area contributed by atoms with Crippen molar-refractivity contribution in [3.63, 3.8) is 0 Å². The van der Waals surface area contributed by atoms with Gasteiger partial charge in [-0.1, -0.05) is 25.6 Å². The highest BCUT2D eigenvalue weighted by molar-refractivity contribution is 7.99. The van der Waals surface area contributed by atoms with Crippen LogP contribution in [-0.4, -0.2) is 31.6 Å². The molecule has 1 heterocycles. The third-order valence-electron chi connectivity index (χ3n) is 3.49. The van der Waals surface area contributed by atoms with Gasteiger partial charge < -0.3 is 9.67 Å². The third-order valence-corrected chi connectivity index (χ3v) is 4.44. The number of aryl methyl sites for hydroxylation is 1. The molecule has 0 saturated heterocycles. The standard InChI is InChI=1S/C13H21N3O2S/c1-3-4-11-14-15-13(19-8-12(17)18)16(11)7-9(2)10-5-6-10/h9-10H,3-8H2,1-2H3,(H,17,18). The average molecular weight is 283 g/mol. The minimum atomic E-state index is -0.813. The Morgan fingerprint density at radius 3 is 2.84 bits per heavy atom. The van der Waals surface area contributed by atoms with Crippen molar-refractivity contribution in [2.45, 2.75) is 51.2 Å². The number of thioether (sulfide) groups is 1. The van der Waals surface area contributed by atoms with Gasteiger partial charge in [0.2, 0.25) is 0 Å². The number of carboxylic acid groups (broad SMARTS) is 1. The second kappa shape index (κ2) is 6.41. The predicted octanol–water partition coefficient (Wildman–Crippen LogP) is 2.45. The summed E-state index contributed by atoms with van der Waals surface area (Å²) in [5.74, 6) is 1.67. The number of hydrogen-bond donors (Lipinski definition) is 1. The van der Waals surface area contributed by atoms with Crippen LogP contribution >= 0.6 is 11.8 Å². The van der Waals surface area contributed by atoms with Crippen LogP contribution in [0.1, 0.15) is 38.9 Å². The fraction of sp³-hybridized carbons (Fsp3) is 0.769. The quantitative estimate of drug-likeness (QED) is 0.742. The highest BCUT2D eigenvalue weighted by Crippen LogP contribution is 2.38. The Hall–Kier alpha value is -1.04. The molecule has 1 unspecified atom stereocenters. The highest BCUT2D eigenvalue weighted by atomic mass is 32.2. The predicted molar refractivity (Wildman–Crippen MR) is 74.3 cm³/mol. The van der Waals surface area contributed by atoms with Crippen LogP contribution < -0.4 is 0 Å². The number of rotatable bonds is 8. The number of aromatic nitrogens is 3. The van der Waals surface area contributed by atoms with E-state index in [4.69, 9.17) is 5.11 Å². The van der Waals surface area contributed by atoms with E-state index in [2.05, 4.69) is 28.6 Å². The molecule has 1 atom stereocenters. The van der Waals surface area contributed by atoms with Gasteiger partial charge >= 0.3 is 5.97 Å². The van der Waals surface area contributed by atoms with Crippen LogP contribution in [-0.2, 0) is 17.8 Å². The fourth-order valence-corrected chi connectivity index (χ4v) is 2.93. The van der Waals surface area contributed by atoms with Crippen LogP contribution in [0.2, 0.25) is 0 Å². The van der Waals surface area contributed by atoms with Crippen LogP contribution in [0.15, 0.2) is 5.16 Å². The van der Waals surface area contributed by atoms with Gasteiger partial charge in [0, 0.05) is 13.0 Å². The summed E-state index contributed by atoms with van der Waals surface area (Å²) in [6.45, 7) is 5.29. The number of carboxylic acids is 1. The lowest BCUT2D eigenvalue weighted by Gasteiger charge is -2.14. The van der Waals surface area contributed by atoms with Crippen molar-refractivity contribution in [2.24, 2.45) is 11.8 Å². The molecule has 1 fully saturated rings. The maximum Gasteiger partial charge on any atom is 0.313 e. The first kappa shape index (κ1) is 14.4. The van der Waals surface area contributed by atoms with Crippen LogP contribution in [0.5, 0.6) is 0 Å². The Kier molecular flexibility index (Phi) is 4.85. The zero-order valence-electron chi connectivity index (χ0n) is 11.5. The molecule has 0 spiro atoms. The van der Waals surface area contributed by atoms with Crippen molar-refractivity contribution in [3.05, 3.63) is 5.82 Å². The maximum absolute atomic E-state index is 10.7. The summed E-state index contributed by atoms with van der Waals surface area (Å²) in [4.78, 5) is 10.7. The average Bonchev–Trinajstić information content (AvgIpc) is 3.14. The molecular weight excluding hydrogens is 262 g/mol. The van der Waals surface area contributed by atoms with E-state index in [1.807, 2.05) is 0 Å². The number of carbonyl (C=O) groups is 1. The highest BCUT2D eigenvalue weighted by Gasteiger charge is 2.29. The van der Waals surface area contributed by atoms with Crippen molar-refractivity contribution >= 4 is 17.7 Å². The molecule has 19 heavy (non-hydrogen) atoms.